The molecule has 0 N–H and O–H groups in total. The Balaban J connectivity index is 1.96. The van der Waals surface area contributed by atoms with E-state index in [4.69, 9.17) is 14.0 Å². The predicted molar refractivity (Wildman–Crippen MR) is 97.5 cm³/mol. The van der Waals surface area contributed by atoms with Gasteiger partial charge in [0.25, 0.3) is 5.89 Å². The Morgan fingerprint density at radius 1 is 1.12 bits per heavy atom. The Morgan fingerprint density at radius 2 is 1.88 bits per heavy atom. The number of hydrogen-bond acceptors (Lipinski definition) is 6. The monoisotopic (exact) mass is 347 g/mol. The van der Waals surface area contributed by atoms with Gasteiger partial charge < -0.3 is 14.0 Å². The molecular formula is C20H17N3O3. The maximum Gasteiger partial charge on any atom is 0.268 e. The Labute approximate surface area is 151 Å². The van der Waals surface area contributed by atoms with E-state index in [1.165, 1.54) is 0 Å². The van der Waals surface area contributed by atoms with Crippen LogP contribution in [-0.2, 0) is 0 Å². The van der Waals surface area contributed by atoms with Crippen LogP contribution in [0.4, 0.5) is 0 Å². The molecule has 0 aliphatic heterocycles. The molecule has 6 nitrogen and oxygen atoms in total. The number of nitrogens with zero attached hydrogens (tertiary/aromatic N) is 3. The molecule has 0 unspecified atom stereocenters. The van der Waals surface area contributed by atoms with Crippen molar-refractivity contribution in [2.24, 2.45) is 0 Å². The van der Waals surface area contributed by atoms with E-state index in [2.05, 4.69) is 16.2 Å². The molecule has 1 heterocycles. The lowest BCUT2D eigenvalue weighted by Gasteiger charge is -2.07. The molecule has 3 rings (SSSR count). The summed E-state index contributed by atoms with van der Waals surface area (Å²) in [5, 5.41) is 13.5. The van der Waals surface area contributed by atoms with Crippen LogP contribution >= 0.6 is 0 Å². The van der Waals surface area contributed by atoms with Crippen LogP contribution in [-0.4, -0.2) is 24.4 Å². The molecule has 0 bridgehead atoms. The second-order valence-corrected chi connectivity index (χ2v) is 5.57. The largest absolute Gasteiger partial charge is 0.497 e. The van der Waals surface area contributed by atoms with Crippen LogP contribution in [0.25, 0.3) is 23.0 Å². The first-order valence-electron chi connectivity index (χ1n) is 7.89. The fourth-order valence-electron chi connectivity index (χ4n) is 2.39. The second-order valence-electron chi connectivity index (χ2n) is 5.57. The third-order valence-corrected chi connectivity index (χ3v) is 3.83. The van der Waals surface area contributed by atoms with Crippen LogP contribution in [0, 0.1) is 18.3 Å². The van der Waals surface area contributed by atoms with Crippen LogP contribution in [0.3, 0.4) is 0 Å². The maximum atomic E-state index is 9.51. The van der Waals surface area contributed by atoms with Gasteiger partial charge in [0, 0.05) is 17.2 Å². The van der Waals surface area contributed by atoms with E-state index in [0.29, 0.717) is 22.9 Å². The van der Waals surface area contributed by atoms with E-state index in [9.17, 15) is 5.26 Å². The van der Waals surface area contributed by atoms with E-state index < -0.39 is 0 Å². The molecule has 0 fully saturated rings. The van der Waals surface area contributed by atoms with Crippen molar-refractivity contribution in [1.29, 1.82) is 5.26 Å². The zero-order valence-electron chi connectivity index (χ0n) is 14.7. The third-order valence-electron chi connectivity index (χ3n) is 3.83. The highest BCUT2D eigenvalue weighted by Gasteiger charge is 2.14. The van der Waals surface area contributed by atoms with Crippen molar-refractivity contribution in [3.05, 3.63) is 59.5 Å². The summed E-state index contributed by atoms with van der Waals surface area (Å²) in [6.45, 7) is 2.00. The highest BCUT2D eigenvalue weighted by Crippen LogP contribution is 2.28. The molecule has 0 spiro atoms. The van der Waals surface area contributed by atoms with Crippen LogP contribution in [0.1, 0.15) is 17.0 Å². The number of benzene rings is 2. The zero-order chi connectivity index (χ0) is 18.5. The Kier molecular flexibility index (Phi) is 4.99. The minimum absolute atomic E-state index is 0.154. The van der Waals surface area contributed by atoms with E-state index in [0.717, 1.165) is 11.1 Å². The van der Waals surface area contributed by atoms with Crippen molar-refractivity contribution in [1.82, 2.24) is 10.1 Å². The Hall–Kier alpha value is -3.59. The standard InChI is InChI=1S/C20H17N3O3/c1-13-4-6-14(7-5-13)19-22-20(26-23-19)16(12-21)10-15-8-9-17(24-2)11-18(15)25-3/h4-11H,1-3H3. The smallest absolute Gasteiger partial charge is 0.268 e. The SMILES string of the molecule is COc1ccc(C=C(C#N)c2nc(-c3ccc(C)cc3)no2)c(OC)c1. The summed E-state index contributed by atoms with van der Waals surface area (Å²) in [5.74, 6) is 1.83. The van der Waals surface area contributed by atoms with E-state index in [1.807, 2.05) is 31.2 Å². The molecule has 6 heteroatoms. The first-order chi connectivity index (χ1) is 12.6. The van der Waals surface area contributed by atoms with Crippen molar-refractivity contribution in [3.63, 3.8) is 0 Å². The average molecular weight is 347 g/mol. The molecule has 3 aromatic rings. The third kappa shape index (κ3) is 3.57. The lowest BCUT2D eigenvalue weighted by Crippen LogP contribution is -1.91. The first-order valence-corrected chi connectivity index (χ1v) is 7.89. The van der Waals surface area contributed by atoms with E-state index in [-0.39, 0.29) is 11.5 Å². The molecule has 0 radical (unpaired) electrons. The highest BCUT2D eigenvalue weighted by atomic mass is 16.5. The first kappa shape index (κ1) is 17.2. The number of aryl methyl sites for hydroxylation is 1. The second kappa shape index (κ2) is 7.53. The van der Waals surface area contributed by atoms with Gasteiger partial charge in [-0.3, -0.25) is 0 Å². The van der Waals surface area contributed by atoms with Gasteiger partial charge in [0.1, 0.15) is 23.1 Å². The lowest BCUT2D eigenvalue weighted by atomic mass is 10.1. The molecule has 26 heavy (non-hydrogen) atoms. The molecule has 130 valence electrons. The van der Waals surface area contributed by atoms with E-state index >= 15 is 0 Å². The number of allylic oxidation sites excluding steroid dienone is 1. The minimum Gasteiger partial charge on any atom is -0.497 e. The van der Waals surface area contributed by atoms with Crippen molar-refractivity contribution in [2.75, 3.05) is 14.2 Å². The average Bonchev–Trinajstić information content (AvgIpc) is 3.16. The molecule has 2 aromatic carbocycles. The molecule has 0 saturated carbocycles. The summed E-state index contributed by atoms with van der Waals surface area (Å²) in [7, 11) is 3.14. The Morgan fingerprint density at radius 3 is 2.54 bits per heavy atom. The van der Waals surface area contributed by atoms with Crippen molar-refractivity contribution in [3.8, 4) is 29.0 Å². The number of methoxy groups -OCH3 is 2. The number of rotatable bonds is 5. The van der Waals surface area contributed by atoms with Gasteiger partial charge in [-0.2, -0.15) is 10.2 Å². The van der Waals surface area contributed by atoms with Gasteiger partial charge in [0.15, 0.2) is 0 Å². The molecule has 0 saturated heterocycles. The van der Waals surface area contributed by atoms with Gasteiger partial charge in [0.2, 0.25) is 5.82 Å². The van der Waals surface area contributed by atoms with Gasteiger partial charge in [-0.05, 0) is 25.1 Å². The summed E-state index contributed by atoms with van der Waals surface area (Å²) < 4.78 is 15.8. The van der Waals surface area contributed by atoms with E-state index in [1.54, 1.807) is 38.5 Å². The van der Waals surface area contributed by atoms with Crippen molar-refractivity contribution >= 4 is 11.6 Å². The summed E-state index contributed by atoms with van der Waals surface area (Å²) in [6, 6.07) is 15.2. The number of aromatic nitrogens is 2. The summed E-state index contributed by atoms with van der Waals surface area (Å²) >= 11 is 0. The quantitative estimate of drug-likeness (QED) is 0.646. The van der Waals surface area contributed by atoms with Gasteiger partial charge in [-0.25, -0.2) is 0 Å². The van der Waals surface area contributed by atoms with Crippen LogP contribution in [0.2, 0.25) is 0 Å². The van der Waals surface area contributed by atoms with Gasteiger partial charge in [0.05, 0.1) is 14.2 Å². The van der Waals surface area contributed by atoms with Crippen LogP contribution in [0.5, 0.6) is 11.5 Å². The Bertz CT molecular complexity index is 982. The molecule has 0 aliphatic rings. The van der Waals surface area contributed by atoms with Crippen LogP contribution in [0.15, 0.2) is 47.0 Å². The summed E-state index contributed by atoms with van der Waals surface area (Å²) in [5.41, 5.74) is 2.92. The molecular weight excluding hydrogens is 330 g/mol. The molecule has 0 aliphatic carbocycles. The van der Waals surface area contributed by atoms with Gasteiger partial charge in [-0.1, -0.05) is 35.0 Å². The number of nitriles is 1. The predicted octanol–water partition coefficient (Wildman–Crippen LogP) is 4.13. The normalized spacial score (nSPS) is 11.1. The summed E-state index contributed by atoms with van der Waals surface area (Å²) in [4.78, 5) is 4.33. The van der Waals surface area contributed by atoms with Crippen LogP contribution < -0.4 is 9.47 Å². The van der Waals surface area contributed by atoms with Crippen molar-refractivity contribution < 1.29 is 14.0 Å². The van der Waals surface area contributed by atoms with Gasteiger partial charge in [-0.15, -0.1) is 0 Å². The number of hydrogen-bond donors (Lipinski definition) is 0. The lowest BCUT2D eigenvalue weighted by molar-refractivity contribution is 0.393. The highest BCUT2D eigenvalue weighted by molar-refractivity contribution is 5.88. The fraction of sp³-hybridized carbons (Fsp3) is 0.150. The number of ether oxygens (including phenoxy) is 2. The minimum atomic E-state index is 0.154. The molecule has 0 amide bonds. The topological polar surface area (TPSA) is 81.2 Å². The maximum absolute atomic E-state index is 9.51. The van der Waals surface area contributed by atoms with Crippen molar-refractivity contribution in [2.45, 2.75) is 6.92 Å². The fourth-order valence-corrected chi connectivity index (χ4v) is 2.39. The summed E-state index contributed by atoms with van der Waals surface area (Å²) in [6.07, 6.45) is 1.64. The molecule has 1 aromatic heterocycles. The van der Waals surface area contributed by atoms with Gasteiger partial charge >= 0.3 is 0 Å². The molecule has 0 atom stereocenters. The zero-order valence-corrected chi connectivity index (χ0v) is 14.7.